The number of hydrogen-bond acceptors (Lipinski definition) is 2. The predicted octanol–water partition coefficient (Wildman–Crippen LogP) is 2.68. The Morgan fingerprint density at radius 2 is 1.82 bits per heavy atom. The van der Waals surface area contributed by atoms with Crippen LogP contribution >= 0.6 is 0 Å². The highest BCUT2D eigenvalue weighted by atomic mass is 19.4. The fourth-order valence-electron chi connectivity index (χ4n) is 2.09. The summed E-state index contributed by atoms with van der Waals surface area (Å²) in [5.41, 5.74) is 2.40. The highest BCUT2D eigenvalue weighted by Gasteiger charge is 2.57. The van der Waals surface area contributed by atoms with Gasteiger partial charge in [0.05, 0.1) is 5.54 Å². The summed E-state index contributed by atoms with van der Waals surface area (Å²) < 4.78 is 63.4. The molecule has 2 N–H and O–H groups in total. The molecule has 1 aliphatic carbocycles. The minimum atomic E-state index is -4.69. The Morgan fingerprint density at radius 1 is 1.24 bits per heavy atom. The molecule has 0 spiro atoms. The standard InChI is InChI=1S/C10H9F5N2/c11-9(12)4-8(16,5-9)6-2-1-3-17-7(6)10(13,14)15/h1-3H,4-5,16H2. The van der Waals surface area contributed by atoms with Crippen molar-refractivity contribution in [3.05, 3.63) is 29.6 Å². The van der Waals surface area contributed by atoms with E-state index in [4.69, 9.17) is 5.73 Å². The fraction of sp³-hybridized carbons (Fsp3) is 0.500. The molecule has 1 aromatic heterocycles. The summed E-state index contributed by atoms with van der Waals surface area (Å²) in [6.45, 7) is 0. The van der Waals surface area contributed by atoms with Crippen LogP contribution in [0.2, 0.25) is 0 Å². The van der Waals surface area contributed by atoms with Crippen LogP contribution in [0.4, 0.5) is 22.0 Å². The van der Waals surface area contributed by atoms with Crippen molar-refractivity contribution < 1.29 is 22.0 Å². The van der Waals surface area contributed by atoms with Gasteiger partial charge in [-0.25, -0.2) is 8.78 Å². The van der Waals surface area contributed by atoms with Crippen LogP contribution in [0, 0.1) is 0 Å². The van der Waals surface area contributed by atoms with Gasteiger partial charge in [-0.2, -0.15) is 13.2 Å². The van der Waals surface area contributed by atoms with Gasteiger partial charge in [0.25, 0.3) is 5.92 Å². The second-order valence-corrected chi connectivity index (χ2v) is 4.26. The molecule has 2 nitrogen and oxygen atoms in total. The predicted molar refractivity (Wildman–Crippen MR) is 49.3 cm³/mol. The lowest BCUT2D eigenvalue weighted by Gasteiger charge is -2.45. The molecule has 0 unspecified atom stereocenters. The van der Waals surface area contributed by atoms with Gasteiger partial charge >= 0.3 is 6.18 Å². The minimum absolute atomic E-state index is 0.363. The Morgan fingerprint density at radius 3 is 2.29 bits per heavy atom. The Balaban J connectivity index is 2.41. The fourth-order valence-corrected chi connectivity index (χ4v) is 2.09. The van der Waals surface area contributed by atoms with Crippen LogP contribution in [-0.2, 0) is 11.7 Å². The molecule has 0 aromatic carbocycles. The maximum Gasteiger partial charge on any atom is 0.433 e. The van der Waals surface area contributed by atoms with E-state index in [0.717, 1.165) is 12.3 Å². The monoisotopic (exact) mass is 252 g/mol. The maximum atomic E-state index is 12.8. The second-order valence-electron chi connectivity index (χ2n) is 4.26. The average Bonchev–Trinajstić information content (AvgIpc) is 2.13. The summed E-state index contributed by atoms with van der Waals surface area (Å²) >= 11 is 0. The van der Waals surface area contributed by atoms with E-state index in [-0.39, 0.29) is 5.56 Å². The van der Waals surface area contributed by atoms with Crippen molar-refractivity contribution in [2.24, 2.45) is 5.73 Å². The number of nitrogens with two attached hydrogens (primary N) is 1. The molecular formula is C10H9F5N2. The van der Waals surface area contributed by atoms with Gasteiger partial charge in [0.1, 0.15) is 5.69 Å². The summed E-state index contributed by atoms with van der Waals surface area (Å²) in [5.74, 6) is -2.99. The first kappa shape index (κ1) is 12.2. The van der Waals surface area contributed by atoms with Gasteiger partial charge in [0, 0.05) is 24.6 Å². The molecule has 0 saturated heterocycles. The maximum absolute atomic E-state index is 12.8. The minimum Gasteiger partial charge on any atom is -0.321 e. The van der Waals surface area contributed by atoms with E-state index >= 15 is 0 Å². The molecule has 0 atom stereocenters. The first-order valence-corrected chi connectivity index (χ1v) is 4.83. The number of hydrogen-bond donors (Lipinski definition) is 1. The highest BCUT2D eigenvalue weighted by molar-refractivity contribution is 5.33. The van der Waals surface area contributed by atoms with Crippen LogP contribution in [0.15, 0.2) is 18.3 Å². The molecule has 1 heterocycles. The zero-order valence-electron chi connectivity index (χ0n) is 8.56. The van der Waals surface area contributed by atoms with E-state index < -0.39 is 36.2 Å². The van der Waals surface area contributed by atoms with Gasteiger partial charge in [-0.05, 0) is 6.07 Å². The molecule has 1 aromatic rings. The normalized spacial score (nSPS) is 22.0. The zero-order valence-corrected chi connectivity index (χ0v) is 8.56. The van der Waals surface area contributed by atoms with Crippen LogP contribution in [-0.4, -0.2) is 10.9 Å². The van der Waals surface area contributed by atoms with Crippen molar-refractivity contribution in [3.63, 3.8) is 0 Å². The van der Waals surface area contributed by atoms with Crippen LogP contribution in [0.1, 0.15) is 24.1 Å². The summed E-state index contributed by atoms with van der Waals surface area (Å²) in [6.07, 6.45) is -5.29. The van der Waals surface area contributed by atoms with Gasteiger partial charge in [0.2, 0.25) is 0 Å². The molecule has 94 valence electrons. The van der Waals surface area contributed by atoms with Gasteiger partial charge in [-0.3, -0.25) is 4.98 Å². The molecule has 7 heteroatoms. The van der Waals surface area contributed by atoms with E-state index in [1.165, 1.54) is 6.07 Å². The first-order valence-electron chi connectivity index (χ1n) is 4.83. The molecule has 0 amide bonds. The highest BCUT2D eigenvalue weighted by Crippen LogP contribution is 2.51. The van der Waals surface area contributed by atoms with Gasteiger partial charge in [-0.1, -0.05) is 6.07 Å². The lowest BCUT2D eigenvalue weighted by molar-refractivity contribution is -0.150. The number of nitrogens with zero attached hydrogens (tertiary/aromatic N) is 1. The first-order chi connectivity index (χ1) is 7.64. The lowest BCUT2D eigenvalue weighted by atomic mass is 9.69. The van der Waals surface area contributed by atoms with Crippen molar-refractivity contribution in [2.45, 2.75) is 30.5 Å². The third kappa shape index (κ3) is 2.11. The number of aromatic nitrogens is 1. The lowest BCUT2D eigenvalue weighted by Crippen LogP contribution is -2.56. The number of pyridine rings is 1. The molecule has 17 heavy (non-hydrogen) atoms. The largest absolute Gasteiger partial charge is 0.433 e. The van der Waals surface area contributed by atoms with Gasteiger partial charge in [0.15, 0.2) is 0 Å². The van der Waals surface area contributed by atoms with Crippen LogP contribution in [0.25, 0.3) is 0 Å². The molecule has 0 radical (unpaired) electrons. The molecule has 1 fully saturated rings. The van der Waals surface area contributed by atoms with E-state index in [0.29, 0.717) is 0 Å². The molecule has 0 bridgehead atoms. The zero-order chi connectivity index (χ0) is 12.9. The molecule has 1 aliphatic rings. The second kappa shape index (κ2) is 3.38. The van der Waals surface area contributed by atoms with Gasteiger partial charge in [-0.15, -0.1) is 0 Å². The molecular weight excluding hydrogens is 243 g/mol. The topological polar surface area (TPSA) is 38.9 Å². The van der Waals surface area contributed by atoms with Crippen molar-refractivity contribution in [1.29, 1.82) is 0 Å². The van der Waals surface area contributed by atoms with Gasteiger partial charge < -0.3 is 5.73 Å². The number of rotatable bonds is 1. The Labute approximate surface area is 93.6 Å². The third-order valence-electron chi connectivity index (χ3n) is 2.76. The molecule has 1 saturated carbocycles. The van der Waals surface area contributed by atoms with E-state index in [1.54, 1.807) is 0 Å². The van der Waals surface area contributed by atoms with Crippen LogP contribution in [0.5, 0.6) is 0 Å². The summed E-state index contributed by atoms with van der Waals surface area (Å²) in [6, 6.07) is 2.36. The Kier molecular flexibility index (Phi) is 2.43. The average molecular weight is 252 g/mol. The van der Waals surface area contributed by atoms with E-state index in [9.17, 15) is 22.0 Å². The quantitative estimate of drug-likeness (QED) is 0.780. The number of halogens is 5. The van der Waals surface area contributed by atoms with Crippen molar-refractivity contribution >= 4 is 0 Å². The van der Waals surface area contributed by atoms with Crippen molar-refractivity contribution in [3.8, 4) is 0 Å². The summed E-state index contributed by atoms with van der Waals surface area (Å²) in [7, 11) is 0. The Bertz CT molecular complexity index is 433. The smallest absolute Gasteiger partial charge is 0.321 e. The van der Waals surface area contributed by atoms with Crippen molar-refractivity contribution in [1.82, 2.24) is 4.98 Å². The van der Waals surface area contributed by atoms with E-state index in [1.807, 2.05) is 0 Å². The van der Waals surface area contributed by atoms with Crippen LogP contribution in [0.3, 0.4) is 0 Å². The van der Waals surface area contributed by atoms with E-state index in [2.05, 4.69) is 4.98 Å². The SMILES string of the molecule is NC1(c2cccnc2C(F)(F)F)CC(F)(F)C1. The molecule has 0 aliphatic heterocycles. The summed E-state index contributed by atoms with van der Waals surface area (Å²) in [4.78, 5) is 3.20. The molecule has 2 rings (SSSR count). The summed E-state index contributed by atoms with van der Waals surface area (Å²) in [5, 5.41) is 0. The third-order valence-corrected chi connectivity index (χ3v) is 2.76. The van der Waals surface area contributed by atoms with Crippen molar-refractivity contribution in [2.75, 3.05) is 0 Å². The number of alkyl halides is 5. The Hall–Kier alpha value is -1.24. The van der Waals surface area contributed by atoms with Crippen LogP contribution < -0.4 is 5.73 Å².